The van der Waals surface area contributed by atoms with Gasteiger partial charge >= 0.3 is 0 Å². The van der Waals surface area contributed by atoms with Crippen molar-refractivity contribution < 1.29 is 4.79 Å². The summed E-state index contributed by atoms with van der Waals surface area (Å²) in [6.07, 6.45) is 9.20. The van der Waals surface area contributed by atoms with Crippen molar-refractivity contribution in [3.8, 4) is 0 Å². The average molecular weight is 209 g/mol. The molecular weight excluding hydrogens is 186 g/mol. The highest BCUT2D eigenvalue weighted by molar-refractivity contribution is 5.79. The number of ketones is 1. The second kappa shape index (κ2) is 5.11. The summed E-state index contributed by atoms with van der Waals surface area (Å²) in [6.45, 7) is 2.36. The minimum absolute atomic E-state index is 0.463. The first-order chi connectivity index (χ1) is 7.24. The molecule has 2 fully saturated rings. The van der Waals surface area contributed by atoms with Crippen LogP contribution in [0.5, 0.6) is 0 Å². The molecule has 0 aromatic rings. The predicted octanol–water partition coefficient (Wildman–Crippen LogP) is 2.67. The summed E-state index contributed by atoms with van der Waals surface area (Å²) in [5, 5.41) is 3.75. The molecule has 0 atom stereocenters. The third-order valence-electron chi connectivity index (χ3n) is 4.03. The Labute approximate surface area is 92.8 Å². The van der Waals surface area contributed by atoms with Crippen molar-refractivity contribution in [3.63, 3.8) is 0 Å². The van der Waals surface area contributed by atoms with Crippen molar-refractivity contribution in [2.75, 3.05) is 0 Å². The van der Waals surface area contributed by atoms with Gasteiger partial charge in [-0.1, -0.05) is 6.92 Å². The molecular formula is C13H23NO. The Morgan fingerprint density at radius 2 is 1.47 bits per heavy atom. The molecule has 0 heterocycles. The maximum absolute atomic E-state index is 11.1. The van der Waals surface area contributed by atoms with Gasteiger partial charge in [-0.2, -0.15) is 0 Å². The second-order valence-corrected chi connectivity index (χ2v) is 5.44. The number of rotatable bonds is 2. The molecule has 2 aliphatic rings. The minimum Gasteiger partial charge on any atom is -0.311 e. The van der Waals surface area contributed by atoms with Gasteiger partial charge in [0.2, 0.25) is 0 Å². The number of hydrogen-bond acceptors (Lipinski definition) is 2. The zero-order valence-electron chi connectivity index (χ0n) is 9.80. The third-order valence-corrected chi connectivity index (χ3v) is 4.03. The molecule has 0 radical (unpaired) electrons. The number of Topliss-reactive ketones (excluding diaryl/α,β-unsaturated/α-hetero) is 1. The minimum atomic E-state index is 0.463. The first-order valence-corrected chi connectivity index (χ1v) is 6.52. The van der Waals surface area contributed by atoms with Gasteiger partial charge in [0.15, 0.2) is 0 Å². The summed E-state index contributed by atoms with van der Waals surface area (Å²) in [5.74, 6) is 1.39. The fraction of sp³-hybridized carbons (Fsp3) is 0.923. The van der Waals surface area contributed by atoms with Crippen LogP contribution in [0.2, 0.25) is 0 Å². The second-order valence-electron chi connectivity index (χ2n) is 5.44. The Morgan fingerprint density at radius 3 is 2.07 bits per heavy atom. The molecule has 2 saturated carbocycles. The summed E-state index contributed by atoms with van der Waals surface area (Å²) in [5.41, 5.74) is 0. The van der Waals surface area contributed by atoms with E-state index in [1.807, 2.05) is 0 Å². The van der Waals surface area contributed by atoms with Crippen molar-refractivity contribution in [3.05, 3.63) is 0 Å². The van der Waals surface area contributed by atoms with E-state index in [0.717, 1.165) is 37.6 Å². The lowest BCUT2D eigenvalue weighted by Gasteiger charge is -2.32. The van der Waals surface area contributed by atoms with Crippen LogP contribution in [0.25, 0.3) is 0 Å². The van der Waals surface area contributed by atoms with Crippen LogP contribution in [0, 0.1) is 5.92 Å². The summed E-state index contributed by atoms with van der Waals surface area (Å²) in [4.78, 5) is 11.1. The van der Waals surface area contributed by atoms with E-state index in [2.05, 4.69) is 12.2 Å². The van der Waals surface area contributed by atoms with Crippen LogP contribution in [0.3, 0.4) is 0 Å². The van der Waals surface area contributed by atoms with E-state index in [1.165, 1.54) is 25.7 Å². The largest absolute Gasteiger partial charge is 0.311 e. The predicted molar refractivity (Wildman–Crippen MR) is 61.8 cm³/mol. The first kappa shape index (κ1) is 11.1. The van der Waals surface area contributed by atoms with Crippen LogP contribution in [-0.2, 0) is 4.79 Å². The average Bonchev–Trinajstić information content (AvgIpc) is 2.25. The molecule has 0 amide bonds. The molecule has 2 nitrogen and oxygen atoms in total. The van der Waals surface area contributed by atoms with Gasteiger partial charge in [-0.05, 0) is 44.4 Å². The van der Waals surface area contributed by atoms with E-state index in [1.54, 1.807) is 0 Å². The number of carbonyl (C=O) groups excluding carboxylic acids is 1. The highest BCUT2D eigenvalue weighted by Crippen LogP contribution is 2.25. The Morgan fingerprint density at radius 1 is 0.933 bits per heavy atom. The molecule has 0 aromatic heterocycles. The number of hydrogen-bond donors (Lipinski definition) is 1. The molecule has 2 aliphatic carbocycles. The number of nitrogens with one attached hydrogen (secondary N) is 1. The molecule has 86 valence electrons. The van der Waals surface area contributed by atoms with Gasteiger partial charge in [-0.25, -0.2) is 0 Å². The molecule has 0 saturated heterocycles. The summed E-state index contributed by atoms with van der Waals surface area (Å²) in [6, 6.07) is 1.36. The van der Waals surface area contributed by atoms with Gasteiger partial charge in [0.25, 0.3) is 0 Å². The van der Waals surface area contributed by atoms with E-state index in [0.29, 0.717) is 11.8 Å². The fourth-order valence-corrected chi connectivity index (χ4v) is 2.87. The Kier molecular flexibility index (Phi) is 3.79. The molecule has 0 unspecified atom stereocenters. The SMILES string of the molecule is CC1CCC(NC2CCC(=O)CC2)CC1. The normalized spacial score (nSPS) is 34.3. The van der Waals surface area contributed by atoms with Crippen molar-refractivity contribution in [2.24, 2.45) is 5.92 Å². The van der Waals surface area contributed by atoms with Gasteiger partial charge < -0.3 is 5.32 Å². The van der Waals surface area contributed by atoms with E-state index >= 15 is 0 Å². The zero-order valence-corrected chi connectivity index (χ0v) is 9.80. The lowest BCUT2D eigenvalue weighted by atomic mass is 9.86. The van der Waals surface area contributed by atoms with Gasteiger partial charge in [-0.3, -0.25) is 4.79 Å². The summed E-state index contributed by atoms with van der Waals surface area (Å²) >= 11 is 0. The van der Waals surface area contributed by atoms with Gasteiger partial charge in [-0.15, -0.1) is 0 Å². The molecule has 2 rings (SSSR count). The van der Waals surface area contributed by atoms with E-state index in [-0.39, 0.29) is 0 Å². The lowest BCUT2D eigenvalue weighted by Crippen LogP contribution is -2.42. The number of carbonyl (C=O) groups is 1. The van der Waals surface area contributed by atoms with Crippen LogP contribution in [-0.4, -0.2) is 17.9 Å². The van der Waals surface area contributed by atoms with Crippen molar-refractivity contribution in [1.29, 1.82) is 0 Å². The van der Waals surface area contributed by atoms with Crippen LogP contribution in [0.15, 0.2) is 0 Å². The van der Waals surface area contributed by atoms with Crippen LogP contribution >= 0.6 is 0 Å². The zero-order chi connectivity index (χ0) is 10.7. The molecule has 0 aromatic carbocycles. The Bertz CT molecular complexity index is 209. The topological polar surface area (TPSA) is 29.1 Å². The van der Waals surface area contributed by atoms with Crippen molar-refractivity contribution in [1.82, 2.24) is 5.32 Å². The van der Waals surface area contributed by atoms with Crippen LogP contribution in [0.1, 0.15) is 58.3 Å². The maximum atomic E-state index is 11.1. The highest BCUT2D eigenvalue weighted by Gasteiger charge is 2.23. The molecule has 0 aliphatic heterocycles. The molecule has 0 bridgehead atoms. The maximum Gasteiger partial charge on any atom is 0.133 e. The highest BCUT2D eigenvalue weighted by atomic mass is 16.1. The molecule has 15 heavy (non-hydrogen) atoms. The van der Waals surface area contributed by atoms with Gasteiger partial charge in [0.05, 0.1) is 0 Å². The Balaban J connectivity index is 1.70. The molecule has 2 heteroatoms. The van der Waals surface area contributed by atoms with Crippen LogP contribution in [0.4, 0.5) is 0 Å². The van der Waals surface area contributed by atoms with E-state index < -0.39 is 0 Å². The third kappa shape index (κ3) is 3.30. The van der Waals surface area contributed by atoms with E-state index in [9.17, 15) is 4.79 Å². The first-order valence-electron chi connectivity index (χ1n) is 6.52. The van der Waals surface area contributed by atoms with Gasteiger partial charge in [0.1, 0.15) is 5.78 Å². The van der Waals surface area contributed by atoms with Crippen molar-refractivity contribution >= 4 is 5.78 Å². The molecule has 0 spiro atoms. The standard InChI is InChI=1S/C13H23NO/c1-10-2-4-11(5-3-10)14-12-6-8-13(15)9-7-12/h10-12,14H,2-9H2,1H3. The van der Waals surface area contributed by atoms with Crippen LogP contribution < -0.4 is 5.32 Å². The van der Waals surface area contributed by atoms with Gasteiger partial charge in [0, 0.05) is 24.9 Å². The quantitative estimate of drug-likeness (QED) is 0.757. The molecule has 1 N–H and O–H groups in total. The smallest absolute Gasteiger partial charge is 0.133 e. The summed E-state index contributed by atoms with van der Waals surface area (Å²) < 4.78 is 0. The fourth-order valence-electron chi connectivity index (χ4n) is 2.87. The monoisotopic (exact) mass is 209 g/mol. The lowest BCUT2D eigenvalue weighted by molar-refractivity contribution is -0.120. The summed E-state index contributed by atoms with van der Waals surface area (Å²) in [7, 11) is 0. The van der Waals surface area contributed by atoms with E-state index in [4.69, 9.17) is 0 Å². The Hall–Kier alpha value is -0.370. The van der Waals surface area contributed by atoms with Crippen molar-refractivity contribution in [2.45, 2.75) is 70.4 Å².